The van der Waals surface area contributed by atoms with E-state index in [0.717, 1.165) is 33.7 Å². The third kappa shape index (κ3) is 3.73. The van der Waals surface area contributed by atoms with E-state index < -0.39 is 0 Å². The maximum atomic E-state index is 13.1. The highest BCUT2D eigenvalue weighted by molar-refractivity contribution is 5.74. The predicted octanol–water partition coefficient (Wildman–Crippen LogP) is 4.77. The van der Waals surface area contributed by atoms with Gasteiger partial charge in [0.2, 0.25) is 0 Å². The third-order valence-electron chi connectivity index (χ3n) is 6.24. The summed E-state index contributed by atoms with van der Waals surface area (Å²) in [5, 5.41) is 4.55. The molecule has 7 heteroatoms. The van der Waals surface area contributed by atoms with Gasteiger partial charge in [-0.1, -0.05) is 50.2 Å². The molecule has 0 aliphatic rings. The second-order valence-electron chi connectivity index (χ2n) is 9.08. The van der Waals surface area contributed by atoms with E-state index in [1.54, 1.807) is 22.4 Å². The van der Waals surface area contributed by atoms with Gasteiger partial charge < -0.3 is 0 Å². The molecule has 0 unspecified atom stereocenters. The van der Waals surface area contributed by atoms with Crippen LogP contribution in [0.4, 0.5) is 0 Å². The van der Waals surface area contributed by atoms with Crippen LogP contribution >= 0.6 is 0 Å². The van der Waals surface area contributed by atoms with Gasteiger partial charge in [0.05, 0.1) is 24.1 Å². The summed E-state index contributed by atoms with van der Waals surface area (Å²) in [5.41, 5.74) is 7.51. The van der Waals surface area contributed by atoms with E-state index in [1.165, 1.54) is 5.56 Å². The topological polar surface area (TPSA) is 70.5 Å². The van der Waals surface area contributed by atoms with Crippen molar-refractivity contribution >= 4 is 11.2 Å². The van der Waals surface area contributed by atoms with Crippen LogP contribution in [0, 0.1) is 13.8 Å². The molecule has 0 aliphatic heterocycles. The van der Waals surface area contributed by atoms with E-state index >= 15 is 0 Å². The van der Waals surface area contributed by atoms with Crippen LogP contribution < -0.4 is 5.69 Å². The summed E-state index contributed by atoms with van der Waals surface area (Å²) in [5.74, 6) is 0.977. The molecule has 0 saturated heterocycles. The molecule has 2 aromatic carbocycles. The smallest absolute Gasteiger partial charge is 0.292 e. The van der Waals surface area contributed by atoms with Gasteiger partial charge in [-0.05, 0) is 49.1 Å². The van der Waals surface area contributed by atoms with Crippen LogP contribution in [0.3, 0.4) is 0 Å². The van der Waals surface area contributed by atoms with Crippen LogP contribution in [0.1, 0.15) is 42.3 Å². The minimum absolute atomic E-state index is 0.110. The first-order valence-electron chi connectivity index (χ1n) is 11.5. The summed E-state index contributed by atoms with van der Waals surface area (Å²) in [6.45, 7) is 8.77. The summed E-state index contributed by atoms with van der Waals surface area (Å²) in [6, 6.07) is 18.4. The first-order valence-corrected chi connectivity index (χ1v) is 11.5. The van der Waals surface area contributed by atoms with Gasteiger partial charge in [-0.2, -0.15) is 5.10 Å². The lowest BCUT2D eigenvalue weighted by Crippen LogP contribution is -2.22. The Morgan fingerprint density at radius 1 is 1.00 bits per heavy atom. The number of aryl methyl sites for hydroxylation is 3. The van der Waals surface area contributed by atoms with E-state index in [0.29, 0.717) is 23.9 Å². The van der Waals surface area contributed by atoms with Crippen molar-refractivity contribution in [3.05, 3.63) is 93.8 Å². The molecule has 7 nitrogen and oxygen atoms in total. The summed E-state index contributed by atoms with van der Waals surface area (Å²) in [4.78, 5) is 22.6. The average molecular weight is 453 g/mol. The molecule has 3 heterocycles. The quantitative estimate of drug-likeness (QED) is 0.385. The molecule has 0 atom stereocenters. The maximum absolute atomic E-state index is 13.1. The Hall–Kier alpha value is -4.00. The Balaban J connectivity index is 1.55. The molecule has 3 aromatic heterocycles. The highest BCUT2D eigenvalue weighted by Gasteiger charge is 2.17. The van der Waals surface area contributed by atoms with Gasteiger partial charge in [-0.25, -0.2) is 19.4 Å². The van der Waals surface area contributed by atoms with Crippen molar-refractivity contribution in [3.8, 4) is 17.1 Å². The molecule has 34 heavy (non-hydrogen) atoms. The van der Waals surface area contributed by atoms with Crippen LogP contribution in [0.5, 0.6) is 0 Å². The van der Waals surface area contributed by atoms with Crippen molar-refractivity contribution in [2.45, 2.75) is 40.2 Å². The first kappa shape index (κ1) is 21.8. The van der Waals surface area contributed by atoms with Gasteiger partial charge in [0.25, 0.3) is 0 Å². The molecule has 0 N–H and O–H groups in total. The number of benzene rings is 2. The average Bonchev–Trinajstić information content (AvgIpc) is 3.30. The van der Waals surface area contributed by atoms with Crippen LogP contribution in [0.2, 0.25) is 0 Å². The Labute approximate surface area is 198 Å². The van der Waals surface area contributed by atoms with Gasteiger partial charge in [-0.3, -0.25) is 9.13 Å². The van der Waals surface area contributed by atoms with Crippen molar-refractivity contribution < 1.29 is 0 Å². The number of hydrogen-bond donors (Lipinski definition) is 0. The lowest BCUT2D eigenvalue weighted by atomic mass is 9.97. The summed E-state index contributed by atoms with van der Waals surface area (Å²) >= 11 is 0. The zero-order chi connectivity index (χ0) is 24.0. The number of aromatic nitrogens is 6. The fraction of sp³-hybridized carbons (Fsp3) is 0.259. The van der Waals surface area contributed by atoms with Gasteiger partial charge >= 0.3 is 5.69 Å². The van der Waals surface area contributed by atoms with Crippen LogP contribution in [0.15, 0.2) is 65.6 Å². The highest BCUT2D eigenvalue weighted by atomic mass is 16.1. The predicted molar refractivity (Wildman–Crippen MR) is 134 cm³/mol. The van der Waals surface area contributed by atoms with E-state index in [1.807, 2.05) is 61.0 Å². The lowest BCUT2D eigenvalue weighted by molar-refractivity contribution is 0.731. The summed E-state index contributed by atoms with van der Waals surface area (Å²) < 4.78 is 5.25. The second kappa shape index (κ2) is 8.41. The van der Waals surface area contributed by atoms with E-state index in [2.05, 4.69) is 36.1 Å². The van der Waals surface area contributed by atoms with Gasteiger partial charge in [0, 0.05) is 18.3 Å². The van der Waals surface area contributed by atoms with Crippen molar-refractivity contribution in [1.82, 2.24) is 28.9 Å². The molecule has 0 amide bonds. The fourth-order valence-corrected chi connectivity index (χ4v) is 4.47. The molecule has 5 aromatic rings. The molecule has 172 valence electrons. The van der Waals surface area contributed by atoms with Gasteiger partial charge in [-0.15, -0.1) is 0 Å². The zero-order valence-corrected chi connectivity index (χ0v) is 20.1. The number of rotatable bonds is 5. The molecule has 0 aliphatic carbocycles. The number of fused-ring (bicyclic) bond motifs is 1. The first-order chi connectivity index (χ1) is 16.3. The van der Waals surface area contributed by atoms with Gasteiger partial charge in [0.1, 0.15) is 5.52 Å². The standard InChI is InChI=1S/C27H28N6O/c1-17(2)22-8-6-7-9-23(22)25-28-15-24-26(29-25)32(27(34)31(24)5)16-20-10-12-21(13-11-20)33-19(4)14-18(3)30-33/h6-15,17H,16H2,1-5H3. The Morgan fingerprint density at radius 3 is 2.41 bits per heavy atom. The van der Waals surface area contributed by atoms with Gasteiger partial charge in [0.15, 0.2) is 11.5 Å². The third-order valence-corrected chi connectivity index (χ3v) is 6.24. The Bertz CT molecular complexity index is 1550. The molecule has 0 radical (unpaired) electrons. The number of imidazole rings is 1. The van der Waals surface area contributed by atoms with Crippen molar-refractivity contribution in [2.75, 3.05) is 0 Å². The van der Waals surface area contributed by atoms with Crippen LogP contribution in [-0.4, -0.2) is 28.9 Å². The van der Waals surface area contributed by atoms with Crippen molar-refractivity contribution in [1.29, 1.82) is 0 Å². The van der Waals surface area contributed by atoms with Crippen LogP contribution in [0.25, 0.3) is 28.2 Å². The zero-order valence-electron chi connectivity index (χ0n) is 20.1. The fourth-order valence-electron chi connectivity index (χ4n) is 4.47. The number of nitrogens with zero attached hydrogens (tertiary/aromatic N) is 6. The Morgan fingerprint density at radius 2 is 1.74 bits per heavy atom. The van der Waals surface area contributed by atoms with Crippen molar-refractivity contribution in [3.63, 3.8) is 0 Å². The maximum Gasteiger partial charge on any atom is 0.330 e. The second-order valence-corrected chi connectivity index (χ2v) is 9.08. The Kier molecular flexibility index (Phi) is 5.40. The SMILES string of the molecule is Cc1cc(C)n(-c2ccc(Cn3c(=O)n(C)c4cnc(-c5ccccc5C(C)C)nc43)cc2)n1. The molecule has 5 rings (SSSR count). The minimum Gasteiger partial charge on any atom is -0.292 e. The lowest BCUT2D eigenvalue weighted by Gasteiger charge is -2.11. The monoisotopic (exact) mass is 452 g/mol. The minimum atomic E-state index is -0.110. The molecule has 0 saturated carbocycles. The largest absolute Gasteiger partial charge is 0.330 e. The molecular formula is C27H28N6O. The highest BCUT2D eigenvalue weighted by Crippen LogP contribution is 2.27. The molecule has 0 bridgehead atoms. The number of hydrogen-bond acceptors (Lipinski definition) is 4. The summed E-state index contributed by atoms with van der Waals surface area (Å²) in [7, 11) is 1.76. The van der Waals surface area contributed by atoms with Crippen molar-refractivity contribution in [2.24, 2.45) is 7.05 Å². The normalized spacial score (nSPS) is 11.6. The van der Waals surface area contributed by atoms with E-state index in [4.69, 9.17) is 4.98 Å². The van der Waals surface area contributed by atoms with E-state index in [-0.39, 0.29) is 5.69 Å². The van der Waals surface area contributed by atoms with Crippen LogP contribution in [-0.2, 0) is 13.6 Å². The molecule has 0 spiro atoms. The molecular weight excluding hydrogens is 424 g/mol. The summed E-state index contributed by atoms with van der Waals surface area (Å²) in [6.07, 6.45) is 1.75. The van der Waals surface area contributed by atoms with E-state index in [9.17, 15) is 4.79 Å². The molecule has 0 fully saturated rings.